The van der Waals surface area contributed by atoms with Crippen LogP contribution in [0.1, 0.15) is 16.1 Å². The maximum Gasteiger partial charge on any atom is 0.251 e. The Hall–Kier alpha value is -3.09. The average Bonchev–Trinajstić information content (AvgIpc) is 3.03. The molecule has 0 unspecified atom stereocenters. The Labute approximate surface area is 136 Å². The molecule has 2 aromatic carbocycles. The summed E-state index contributed by atoms with van der Waals surface area (Å²) in [6, 6.07) is 12.1. The first-order chi connectivity index (χ1) is 11.6. The predicted molar refractivity (Wildman–Crippen MR) is 83.8 cm³/mol. The third-order valence-corrected chi connectivity index (χ3v) is 3.32. The molecule has 1 N–H and O–H groups in total. The number of amides is 1. The van der Waals surface area contributed by atoms with Crippen LogP contribution < -0.4 is 5.32 Å². The fourth-order valence-electron chi connectivity index (χ4n) is 2.19. The van der Waals surface area contributed by atoms with Gasteiger partial charge in [-0.3, -0.25) is 4.79 Å². The van der Waals surface area contributed by atoms with Gasteiger partial charge in [-0.05, 0) is 24.3 Å². The molecule has 1 amide bonds. The second-order valence-corrected chi connectivity index (χ2v) is 5.12. The van der Waals surface area contributed by atoms with Crippen molar-refractivity contribution in [3.8, 4) is 5.69 Å². The highest BCUT2D eigenvalue weighted by molar-refractivity contribution is 5.94. The summed E-state index contributed by atoms with van der Waals surface area (Å²) in [4.78, 5) is 13.4. The van der Waals surface area contributed by atoms with Gasteiger partial charge >= 0.3 is 0 Å². The van der Waals surface area contributed by atoms with Gasteiger partial charge in [0.25, 0.3) is 5.91 Å². The highest BCUT2D eigenvalue weighted by Crippen LogP contribution is 2.08. The van der Waals surface area contributed by atoms with Crippen LogP contribution in [-0.4, -0.2) is 27.4 Å². The van der Waals surface area contributed by atoms with Crippen LogP contribution in [0, 0.1) is 11.6 Å². The fraction of sp³-hybridized carbons (Fsp3) is 0.118. The Balaban J connectivity index is 1.57. The SMILES string of the molecule is O=C(NCCc1cnn(-c2ccccc2)n1)c1cc(F)cc(F)c1. The molecule has 0 fully saturated rings. The third kappa shape index (κ3) is 3.81. The standard InChI is InChI=1S/C17H14F2N4O/c18-13-8-12(9-14(19)10-13)17(24)20-7-6-15-11-21-23(22-15)16-4-2-1-3-5-16/h1-5,8-11H,6-7H2,(H,20,24). The van der Waals surface area contributed by atoms with E-state index in [1.54, 1.807) is 6.20 Å². The monoisotopic (exact) mass is 328 g/mol. The summed E-state index contributed by atoms with van der Waals surface area (Å²) in [5, 5.41) is 11.1. The van der Waals surface area contributed by atoms with E-state index in [0.717, 1.165) is 23.9 Å². The van der Waals surface area contributed by atoms with Crippen LogP contribution in [0.25, 0.3) is 5.69 Å². The molecule has 3 aromatic rings. The molecule has 0 atom stereocenters. The molecule has 0 saturated heterocycles. The van der Waals surface area contributed by atoms with Crippen LogP contribution in [0.5, 0.6) is 0 Å². The van der Waals surface area contributed by atoms with Crippen molar-refractivity contribution in [1.82, 2.24) is 20.3 Å². The van der Waals surface area contributed by atoms with Crippen LogP contribution in [-0.2, 0) is 6.42 Å². The van der Waals surface area contributed by atoms with E-state index in [2.05, 4.69) is 15.5 Å². The molecule has 24 heavy (non-hydrogen) atoms. The van der Waals surface area contributed by atoms with E-state index < -0.39 is 17.5 Å². The Morgan fingerprint density at radius 2 is 1.79 bits per heavy atom. The van der Waals surface area contributed by atoms with Gasteiger partial charge in [0.1, 0.15) is 11.6 Å². The lowest BCUT2D eigenvalue weighted by Gasteiger charge is -2.04. The molecular weight excluding hydrogens is 314 g/mol. The molecule has 0 spiro atoms. The second-order valence-electron chi connectivity index (χ2n) is 5.12. The molecular formula is C17H14F2N4O. The highest BCUT2D eigenvalue weighted by atomic mass is 19.1. The Bertz CT molecular complexity index is 829. The molecule has 0 bridgehead atoms. The minimum Gasteiger partial charge on any atom is -0.352 e. The molecule has 1 aromatic heterocycles. The molecule has 3 rings (SSSR count). The Morgan fingerprint density at radius 1 is 1.08 bits per heavy atom. The van der Waals surface area contributed by atoms with Crippen molar-refractivity contribution in [2.45, 2.75) is 6.42 Å². The number of rotatable bonds is 5. The molecule has 0 aliphatic heterocycles. The van der Waals surface area contributed by atoms with Crippen LogP contribution in [0.2, 0.25) is 0 Å². The van der Waals surface area contributed by atoms with E-state index in [1.807, 2.05) is 30.3 Å². The van der Waals surface area contributed by atoms with Gasteiger partial charge in [0.05, 0.1) is 17.6 Å². The summed E-state index contributed by atoms with van der Waals surface area (Å²) in [6.45, 7) is 0.282. The van der Waals surface area contributed by atoms with E-state index in [4.69, 9.17) is 0 Å². The van der Waals surface area contributed by atoms with Crippen molar-refractivity contribution >= 4 is 5.91 Å². The van der Waals surface area contributed by atoms with E-state index in [0.29, 0.717) is 12.1 Å². The summed E-state index contributed by atoms with van der Waals surface area (Å²) >= 11 is 0. The van der Waals surface area contributed by atoms with Crippen molar-refractivity contribution in [2.24, 2.45) is 0 Å². The summed E-state index contributed by atoms with van der Waals surface area (Å²) < 4.78 is 26.2. The number of nitrogens with one attached hydrogen (secondary N) is 1. The molecule has 7 heteroatoms. The lowest BCUT2D eigenvalue weighted by Crippen LogP contribution is -2.26. The zero-order valence-corrected chi connectivity index (χ0v) is 12.6. The van der Waals surface area contributed by atoms with Gasteiger partial charge in [-0.25, -0.2) is 8.78 Å². The van der Waals surface area contributed by atoms with E-state index >= 15 is 0 Å². The number of nitrogens with zero attached hydrogens (tertiary/aromatic N) is 3. The zero-order chi connectivity index (χ0) is 16.9. The minimum absolute atomic E-state index is 0.0551. The van der Waals surface area contributed by atoms with Gasteiger partial charge in [-0.2, -0.15) is 15.0 Å². The zero-order valence-electron chi connectivity index (χ0n) is 12.6. The van der Waals surface area contributed by atoms with Crippen molar-refractivity contribution in [1.29, 1.82) is 0 Å². The first kappa shape index (κ1) is 15.8. The molecule has 0 aliphatic carbocycles. The van der Waals surface area contributed by atoms with Crippen LogP contribution in [0.3, 0.4) is 0 Å². The number of benzene rings is 2. The fourth-order valence-corrected chi connectivity index (χ4v) is 2.19. The van der Waals surface area contributed by atoms with Crippen LogP contribution in [0.4, 0.5) is 8.78 Å². The lowest BCUT2D eigenvalue weighted by atomic mass is 10.2. The number of aromatic nitrogens is 3. The first-order valence-corrected chi connectivity index (χ1v) is 7.33. The predicted octanol–water partition coefficient (Wildman–Crippen LogP) is 2.52. The van der Waals surface area contributed by atoms with Crippen molar-refractivity contribution < 1.29 is 13.6 Å². The summed E-state index contributed by atoms with van der Waals surface area (Å²) in [5.41, 5.74) is 1.48. The third-order valence-electron chi connectivity index (χ3n) is 3.32. The number of carbonyl (C=O) groups excluding carboxylic acids is 1. The van der Waals surface area contributed by atoms with Gasteiger partial charge < -0.3 is 5.32 Å². The maximum atomic E-state index is 13.1. The number of hydrogen-bond acceptors (Lipinski definition) is 3. The maximum absolute atomic E-state index is 13.1. The topological polar surface area (TPSA) is 59.8 Å². The minimum atomic E-state index is -0.786. The Kier molecular flexibility index (Phi) is 4.60. The summed E-state index contributed by atoms with van der Waals surface area (Å²) in [7, 11) is 0. The number of halogens is 2. The molecule has 1 heterocycles. The number of hydrogen-bond donors (Lipinski definition) is 1. The summed E-state index contributed by atoms with van der Waals surface area (Å²) in [6.07, 6.45) is 2.07. The van der Waals surface area contributed by atoms with Crippen molar-refractivity contribution in [2.75, 3.05) is 6.54 Å². The normalized spacial score (nSPS) is 10.6. The summed E-state index contributed by atoms with van der Waals surface area (Å²) in [5.74, 6) is -2.11. The van der Waals surface area contributed by atoms with Crippen molar-refractivity contribution in [3.63, 3.8) is 0 Å². The first-order valence-electron chi connectivity index (χ1n) is 7.33. The molecule has 0 aliphatic rings. The van der Waals surface area contributed by atoms with Gasteiger partial charge in [0.2, 0.25) is 0 Å². The lowest BCUT2D eigenvalue weighted by molar-refractivity contribution is 0.0953. The van der Waals surface area contributed by atoms with E-state index in [9.17, 15) is 13.6 Å². The molecule has 0 saturated carbocycles. The molecule has 5 nitrogen and oxygen atoms in total. The van der Waals surface area contributed by atoms with E-state index in [-0.39, 0.29) is 12.1 Å². The van der Waals surface area contributed by atoms with Crippen molar-refractivity contribution in [3.05, 3.63) is 77.6 Å². The van der Waals surface area contributed by atoms with E-state index in [1.165, 1.54) is 4.80 Å². The smallest absolute Gasteiger partial charge is 0.251 e. The van der Waals surface area contributed by atoms with Gasteiger partial charge in [0, 0.05) is 24.6 Å². The second kappa shape index (κ2) is 6.99. The van der Waals surface area contributed by atoms with Gasteiger partial charge in [-0.1, -0.05) is 18.2 Å². The van der Waals surface area contributed by atoms with Crippen LogP contribution >= 0.6 is 0 Å². The quantitative estimate of drug-likeness (QED) is 0.783. The Morgan fingerprint density at radius 3 is 2.50 bits per heavy atom. The average molecular weight is 328 g/mol. The van der Waals surface area contributed by atoms with Crippen LogP contribution in [0.15, 0.2) is 54.7 Å². The largest absolute Gasteiger partial charge is 0.352 e. The number of para-hydroxylation sites is 1. The highest BCUT2D eigenvalue weighted by Gasteiger charge is 2.09. The molecule has 122 valence electrons. The van der Waals surface area contributed by atoms with Gasteiger partial charge in [0.15, 0.2) is 0 Å². The molecule has 0 radical (unpaired) electrons. The van der Waals surface area contributed by atoms with Gasteiger partial charge in [-0.15, -0.1) is 0 Å². The number of carbonyl (C=O) groups is 1.